The highest BCUT2D eigenvalue weighted by Gasteiger charge is 2.27. The van der Waals surface area contributed by atoms with Crippen molar-refractivity contribution in [3.63, 3.8) is 0 Å². The van der Waals surface area contributed by atoms with Gasteiger partial charge in [-0.15, -0.1) is 0 Å². The molecule has 1 atom stereocenters. The molecule has 4 rings (SSSR count). The highest BCUT2D eigenvalue weighted by molar-refractivity contribution is 5.95. The predicted octanol–water partition coefficient (Wildman–Crippen LogP) is 4.80. The van der Waals surface area contributed by atoms with E-state index in [4.69, 9.17) is 15.2 Å². The smallest absolute Gasteiger partial charge is 0.254 e. The molecule has 1 aliphatic heterocycles. The molecule has 1 aliphatic rings. The number of likely N-dealkylation sites (tertiary alicyclic amines) is 1. The van der Waals surface area contributed by atoms with Crippen molar-refractivity contribution in [2.24, 2.45) is 5.73 Å². The third kappa shape index (κ3) is 5.40. The molecular formula is C26H24FN3O4. The maximum Gasteiger partial charge on any atom is 0.254 e. The van der Waals surface area contributed by atoms with Crippen LogP contribution in [0.5, 0.6) is 23.1 Å². The lowest BCUT2D eigenvalue weighted by Gasteiger charge is -2.16. The van der Waals surface area contributed by atoms with Crippen LogP contribution in [0.3, 0.4) is 0 Å². The van der Waals surface area contributed by atoms with E-state index in [2.05, 4.69) is 4.98 Å². The van der Waals surface area contributed by atoms with Crippen LogP contribution in [-0.2, 0) is 4.79 Å². The van der Waals surface area contributed by atoms with Crippen molar-refractivity contribution in [3.05, 3.63) is 89.9 Å². The van der Waals surface area contributed by atoms with Gasteiger partial charge in [-0.1, -0.05) is 12.1 Å². The standard InChI is InChI=1S/C26H24FN3O4/c1-2-4-24(31)30-12-11-17(16-30)18-13-23(25(28)32)26(29-15-18)34-21-9-7-20(8-10-21)33-22-6-3-5-19(27)14-22/h2-10,13-15,17H,11-12,16H2,1H3,(H2,28,32)/b4-2+. The van der Waals surface area contributed by atoms with Gasteiger partial charge in [0, 0.05) is 31.3 Å². The molecule has 1 fully saturated rings. The highest BCUT2D eigenvalue weighted by Crippen LogP contribution is 2.32. The Bertz CT molecular complexity index is 1230. The number of carbonyl (C=O) groups excluding carboxylic acids is 2. The monoisotopic (exact) mass is 461 g/mol. The summed E-state index contributed by atoms with van der Waals surface area (Å²) in [4.78, 5) is 30.3. The molecule has 2 amide bonds. The number of hydrogen-bond donors (Lipinski definition) is 1. The minimum Gasteiger partial charge on any atom is -0.457 e. The van der Waals surface area contributed by atoms with Gasteiger partial charge in [0.2, 0.25) is 11.8 Å². The van der Waals surface area contributed by atoms with Gasteiger partial charge in [-0.3, -0.25) is 9.59 Å². The summed E-state index contributed by atoms with van der Waals surface area (Å²) in [5.74, 6) is 0.379. The quantitative estimate of drug-likeness (QED) is 0.510. The SMILES string of the molecule is C/C=C/C(=O)N1CCC(c2cnc(Oc3ccc(Oc4cccc(F)c4)cc3)c(C(N)=O)c2)C1. The Morgan fingerprint density at radius 3 is 2.50 bits per heavy atom. The molecule has 8 heteroatoms. The van der Waals surface area contributed by atoms with Gasteiger partial charge in [0.05, 0.1) is 0 Å². The molecule has 2 heterocycles. The van der Waals surface area contributed by atoms with E-state index >= 15 is 0 Å². The van der Waals surface area contributed by atoms with Crippen LogP contribution < -0.4 is 15.2 Å². The molecule has 0 spiro atoms. The average Bonchev–Trinajstić information content (AvgIpc) is 3.31. The van der Waals surface area contributed by atoms with Crippen LogP contribution in [0.2, 0.25) is 0 Å². The number of nitrogens with zero attached hydrogens (tertiary/aromatic N) is 2. The molecule has 0 radical (unpaired) electrons. The van der Waals surface area contributed by atoms with Crippen molar-refractivity contribution in [1.82, 2.24) is 9.88 Å². The largest absolute Gasteiger partial charge is 0.457 e. The summed E-state index contributed by atoms with van der Waals surface area (Å²) in [6.07, 6.45) is 5.68. The Balaban J connectivity index is 1.47. The molecule has 0 aliphatic carbocycles. The van der Waals surface area contributed by atoms with Gasteiger partial charge in [-0.2, -0.15) is 0 Å². The Hall–Kier alpha value is -4.20. The van der Waals surface area contributed by atoms with Crippen molar-refractivity contribution < 1.29 is 23.5 Å². The Morgan fingerprint density at radius 2 is 1.82 bits per heavy atom. The maximum atomic E-state index is 13.3. The summed E-state index contributed by atoms with van der Waals surface area (Å²) in [7, 11) is 0. The van der Waals surface area contributed by atoms with Crippen molar-refractivity contribution in [2.45, 2.75) is 19.3 Å². The topological polar surface area (TPSA) is 94.8 Å². The van der Waals surface area contributed by atoms with E-state index in [0.717, 1.165) is 12.0 Å². The predicted molar refractivity (Wildman–Crippen MR) is 124 cm³/mol. The molecule has 1 aromatic heterocycles. The Morgan fingerprint density at radius 1 is 1.09 bits per heavy atom. The van der Waals surface area contributed by atoms with Crippen LogP contribution in [0.25, 0.3) is 0 Å². The second kappa shape index (κ2) is 10.2. The number of primary amides is 1. The van der Waals surface area contributed by atoms with Gasteiger partial charge < -0.3 is 20.1 Å². The third-order valence-corrected chi connectivity index (χ3v) is 5.49. The lowest BCUT2D eigenvalue weighted by molar-refractivity contribution is -0.125. The second-order valence-corrected chi connectivity index (χ2v) is 7.89. The van der Waals surface area contributed by atoms with Gasteiger partial charge in [-0.05, 0) is 67.4 Å². The number of hydrogen-bond acceptors (Lipinski definition) is 5. The molecule has 2 aromatic carbocycles. The van der Waals surface area contributed by atoms with Crippen molar-refractivity contribution in [1.29, 1.82) is 0 Å². The molecule has 2 N–H and O–H groups in total. The number of ether oxygens (including phenoxy) is 2. The summed E-state index contributed by atoms with van der Waals surface area (Å²) in [6, 6.07) is 14.1. The fraction of sp³-hybridized carbons (Fsp3) is 0.192. The van der Waals surface area contributed by atoms with Crippen LogP contribution >= 0.6 is 0 Å². The Kier molecular flexibility index (Phi) is 6.87. The molecule has 0 saturated carbocycles. The van der Waals surface area contributed by atoms with E-state index in [1.54, 1.807) is 72.6 Å². The number of aromatic nitrogens is 1. The van der Waals surface area contributed by atoms with Crippen LogP contribution in [0.4, 0.5) is 4.39 Å². The molecule has 3 aromatic rings. The number of allylic oxidation sites excluding steroid dienone is 1. The number of carbonyl (C=O) groups is 2. The summed E-state index contributed by atoms with van der Waals surface area (Å²) in [6.45, 7) is 3.00. The van der Waals surface area contributed by atoms with Crippen LogP contribution in [-0.4, -0.2) is 34.8 Å². The molecule has 34 heavy (non-hydrogen) atoms. The third-order valence-electron chi connectivity index (χ3n) is 5.49. The van der Waals surface area contributed by atoms with Crippen molar-refractivity contribution in [2.75, 3.05) is 13.1 Å². The first-order chi connectivity index (χ1) is 16.4. The van der Waals surface area contributed by atoms with E-state index in [0.29, 0.717) is 30.3 Å². The zero-order valence-electron chi connectivity index (χ0n) is 18.6. The summed E-state index contributed by atoms with van der Waals surface area (Å²) in [5.41, 5.74) is 6.58. The average molecular weight is 461 g/mol. The van der Waals surface area contributed by atoms with Crippen LogP contribution in [0, 0.1) is 5.82 Å². The van der Waals surface area contributed by atoms with Crippen molar-refractivity contribution in [3.8, 4) is 23.1 Å². The molecule has 174 valence electrons. The number of benzene rings is 2. The second-order valence-electron chi connectivity index (χ2n) is 7.89. The molecule has 1 unspecified atom stereocenters. The van der Waals surface area contributed by atoms with E-state index in [1.807, 2.05) is 0 Å². The van der Waals surface area contributed by atoms with Crippen molar-refractivity contribution >= 4 is 11.8 Å². The minimum atomic E-state index is -0.657. The fourth-order valence-electron chi connectivity index (χ4n) is 3.78. The van der Waals surface area contributed by atoms with Gasteiger partial charge in [0.25, 0.3) is 5.91 Å². The van der Waals surface area contributed by atoms with Gasteiger partial charge in [0.15, 0.2) is 0 Å². The summed E-state index contributed by atoms with van der Waals surface area (Å²) < 4.78 is 24.8. The van der Waals surface area contributed by atoms with Gasteiger partial charge in [-0.25, -0.2) is 9.37 Å². The van der Waals surface area contributed by atoms with Gasteiger partial charge >= 0.3 is 0 Å². The lowest BCUT2D eigenvalue weighted by Crippen LogP contribution is -2.26. The van der Waals surface area contributed by atoms with Crippen LogP contribution in [0.1, 0.15) is 35.2 Å². The number of nitrogens with two attached hydrogens (primary N) is 1. The normalized spacial score (nSPS) is 15.5. The van der Waals surface area contributed by atoms with E-state index in [9.17, 15) is 14.0 Å². The number of pyridine rings is 1. The lowest BCUT2D eigenvalue weighted by atomic mass is 9.98. The number of halogens is 1. The molecule has 7 nitrogen and oxygen atoms in total. The highest BCUT2D eigenvalue weighted by atomic mass is 19.1. The zero-order chi connectivity index (χ0) is 24.1. The van der Waals surface area contributed by atoms with Crippen LogP contribution in [0.15, 0.2) is 72.9 Å². The molecule has 1 saturated heterocycles. The first kappa shape index (κ1) is 23.0. The molecular weight excluding hydrogens is 437 g/mol. The number of amides is 2. The van der Waals surface area contributed by atoms with E-state index in [1.165, 1.54) is 12.1 Å². The fourth-order valence-corrected chi connectivity index (χ4v) is 3.78. The molecule has 0 bridgehead atoms. The maximum absolute atomic E-state index is 13.3. The summed E-state index contributed by atoms with van der Waals surface area (Å²) in [5, 5.41) is 0. The van der Waals surface area contributed by atoms with E-state index in [-0.39, 0.29) is 29.1 Å². The Labute approximate surface area is 196 Å². The summed E-state index contributed by atoms with van der Waals surface area (Å²) >= 11 is 0. The van der Waals surface area contributed by atoms with E-state index < -0.39 is 5.91 Å². The van der Waals surface area contributed by atoms with Gasteiger partial charge in [0.1, 0.15) is 28.6 Å². The number of rotatable bonds is 7. The minimum absolute atomic E-state index is 0.0298. The zero-order valence-corrected chi connectivity index (χ0v) is 18.6. The first-order valence-corrected chi connectivity index (χ1v) is 10.9. The first-order valence-electron chi connectivity index (χ1n) is 10.9.